The summed E-state index contributed by atoms with van der Waals surface area (Å²) in [6.45, 7) is 2.95. The van der Waals surface area contributed by atoms with Gasteiger partial charge in [-0.15, -0.1) is 0 Å². The summed E-state index contributed by atoms with van der Waals surface area (Å²) in [4.78, 5) is 41.1. The molecule has 160 valence electrons. The van der Waals surface area contributed by atoms with Crippen LogP contribution in [0.25, 0.3) is 11.2 Å². The molecule has 3 rings (SSSR count). The molecule has 1 N–H and O–H groups in total. The standard InChI is InChI=1S/C20H24ClN5O4/c1-4-10-30-15-8-7-13(21)11-14(15)23-16(27)6-5-9-26-12-22-18-17(26)19(28)25(3)20(29)24(18)2/h7-8,11-12H,4-6,9-10H2,1-3H3,(H,23,27). The molecule has 2 aromatic heterocycles. The first kappa shape index (κ1) is 21.6. The lowest BCUT2D eigenvalue weighted by Gasteiger charge is -2.12. The van der Waals surface area contributed by atoms with Crippen LogP contribution < -0.4 is 21.3 Å². The summed E-state index contributed by atoms with van der Waals surface area (Å²) in [7, 11) is 3.00. The van der Waals surface area contributed by atoms with Crippen LogP contribution in [0, 0.1) is 0 Å². The Morgan fingerprint density at radius 3 is 2.73 bits per heavy atom. The maximum absolute atomic E-state index is 12.5. The Hall–Kier alpha value is -3.07. The summed E-state index contributed by atoms with van der Waals surface area (Å²) in [6.07, 6.45) is 3.07. The zero-order chi connectivity index (χ0) is 21.8. The quantitative estimate of drug-likeness (QED) is 0.587. The van der Waals surface area contributed by atoms with E-state index >= 15 is 0 Å². The van der Waals surface area contributed by atoms with Crippen LogP contribution in [0.1, 0.15) is 26.2 Å². The van der Waals surface area contributed by atoms with E-state index in [1.165, 1.54) is 17.9 Å². The number of nitrogens with zero attached hydrogens (tertiary/aromatic N) is 4. The molecule has 3 aromatic rings. The van der Waals surface area contributed by atoms with Crippen molar-refractivity contribution in [2.45, 2.75) is 32.7 Å². The van der Waals surface area contributed by atoms with Crippen molar-refractivity contribution in [1.82, 2.24) is 18.7 Å². The van der Waals surface area contributed by atoms with Crippen molar-refractivity contribution in [3.8, 4) is 5.75 Å². The molecular formula is C20H24ClN5O4. The third-order valence-corrected chi connectivity index (χ3v) is 4.93. The highest BCUT2D eigenvalue weighted by Crippen LogP contribution is 2.28. The summed E-state index contributed by atoms with van der Waals surface area (Å²) in [5.74, 6) is 0.378. The predicted octanol–water partition coefficient (Wildman–Crippen LogP) is 2.29. The van der Waals surface area contributed by atoms with Gasteiger partial charge in [0.1, 0.15) is 5.75 Å². The number of anilines is 1. The van der Waals surface area contributed by atoms with Crippen LogP contribution in [0.2, 0.25) is 5.02 Å². The summed E-state index contributed by atoms with van der Waals surface area (Å²) < 4.78 is 9.69. The fourth-order valence-electron chi connectivity index (χ4n) is 3.13. The van der Waals surface area contributed by atoms with Gasteiger partial charge in [0.15, 0.2) is 11.2 Å². The van der Waals surface area contributed by atoms with E-state index in [1.54, 1.807) is 29.8 Å². The molecule has 9 nitrogen and oxygen atoms in total. The average molecular weight is 434 g/mol. The summed E-state index contributed by atoms with van der Waals surface area (Å²) in [6, 6.07) is 5.09. The molecule has 0 spiro atoms. The molecule has 0 aliphatic heterocycles. The van der Waals surface area contributed by atoms with E-state index < -0.39 is 11.2 Å². The summed E-state index contributed by atoms with van der Waals surface area (Å²) in [5, 5.41) is 3.33. The Labute approximate surface area is 177 Å². The van der Waals surface area contributed by atoms with Gasteiger partial charge in [0.25, 0.3) is 5.56 Å². The number of ether oxygens (including phenoxy) is 1. The van der Waals surface area contributed by atoms with Crippen LogP contribution in [-0.2, 0) is 25.4 Å². The molecular weight excluding hydrogens is 410 g/mol. The van der Waals surface area contributed by atoms with Gasteiger partial charge in [0.05, 0.1) is 18.6 Å². The molecule has 1 amide bonds. The van der Waals surface area contributed by atoms with Gasteiger partial charge in [0.2, 0.25) is 5.91 Å². The zero-order valence-corrected chi connectivity index (χ0v) is 17.9. The van der Waals surface area contributed by atoms with Crippen molar-refractivity contribution < 1.29 is 9.53 Å². The minimum atomic E-state index is -0.431. The van der Waals surface area contributed by atoms with Gasteiger partial charge in [-0.25, -0.2) is 9.78 Å². The second-order valence-electron chi connectivity index (χ2n) is 6.96. The fourth-order valence-corrected chi connectivity index (χ4v) is 3.30. The molecule has 30 heavy (non-hydrogen) atoms. The molecule has 0 saturated carbocycles. The largest absolute Gasteiger partial charge is 0.491 e. The number of aromatic nitrogens is 4. The SMILES string of the molecule is CCCOc1ccc(Cl)cc1NC(=O)CCCn1cnc2c1c(=O)n(C)c(=O)n2C. The lowest BCUT2D eigenvalue weighted by molar-refractivity contribution is -0.116. The smallest absolute Gasteiger partial charge is 0.332 e. The van der Waals surface area contributed by atoms with Crippen molar-refractivity contribution in [3.05, 3.63) is 50.4 Å². The van der Waals surface area contributed by atoms with Crippen molar-refractivity contribution >= 4 is 34.4 Å². The van der Waals surface area contributed by atoms with E-state index in [9.17, 15) is 14.4 Å². The highest BCUT2D eigenvalue weighted by atomic mass is 35.5. The molecule has 0 atom stereocenters. The average Bonchev–Trinajstić information content (AvgIpc) is 3.14. The van der Waals surface area contributed by atoms with Crippen molar-refractivity contribution in [2.24, 2.45) is 14.1 Å². The number of fused-ring (bicyclic) bond motifs is 1. The minimum Gasteiger partial charge on any atom is -0.491 e. The van der Waals surface area contributed by atoms with Gasteiger partial charge in [0, 0.05) is 32.1 Å². The van der Waals surface area contributed by atoms with Gasteiger partial charge in [-0.3, -0.25) is 18.7 Å². The molecule has 0 saturated heterocycles. The number of hydrogen-bond donors (Lipinski definition) is 1. The maximum atomic E-state index is 12.5. The maximum Gasteiger partial charge on any atom is 0.332 e. The first-order valence-corrected chi connectivity index (χ1v) is 10.0. The third kappa shape index (κ3) is 4.40. The second-order valence-corrected chi connectivity index (χ2v) is 7.39. The topological polar surface area (TPSA) is 100 Å². The van der Waals surface area contributed by atoms with Crippen LogP contribution in [-0.4, -0.2) is 31.2 Å². The third-order valence-electron chi connectivity index (χ3n) is 4.70. The molecule has 10 heteroatoms. The Bertz CT molecular complexity index is 1190. The Morgan fingerprint density at radius 2 is 2.00 bits per heavy atom. The number of imidazole rings is 1. The van der Waals surface area contributed by atoms with Crippen LogP contribution in [0.15, 0.2) is 34.1 Å². The number of amides is 1. The normalized spacial score (nSPS) is 11.1. The molecule has 0 aliphatic rings. The Morgan fingerprint density at radius 1 is 1.23 bits per heavy atom. The number of hydrogen-bond acceptors (Lipinski definition) is 5. The number of carbonyl (C=O) groups excluding carboxylic acids is 1. The van der Waals surface area contributed by atoms with Crippen LogP contribution >= 0.6 is 11.6 Å². The number of nitrogens with one attached hydrogen (secondary N) is 1. The first-order valence-electron chi connectivity index (χ1n) is 9.66. The van der Waals surface area contributed by atoms with Gasteiger partial charge in [-0.05, 0) is 31.0 Å². The summed E-state index contributed by atoms with van der Waals surface area (Å²) in [5.41, 5.74) is 0.346. The molecule has 0 unspecified atom stereocenters. The molecule has 2 heterocycles. The van der Waals surface area contributed by atoms with Crippen LogP contribution in [0.4, 0.5) is 5.69 Å². The molecule has 0 aliphatic carbocycles. The second kappa shape index (κ2) is 9.17. The van der Waals surface area contributed by atoms with Gasteiger partial charge in [-0.2, -0.15) is 0 Å². The number of rotatable bonds is 8. The molecule has 0 radical (unpaired) electrons. The van der Waals surface area contributed by atoms with E-state index in [4.69, 9.17) is 16.3 Å². The van der Waals surface area contributed by atoms with Gasteiger partial charge in [-0.1, -0.05) is 18.5 Å². The monoisotopic (exact) mass is 433 g/mol. The Balaban J connectivity index is 1.68. The van der Waals surface area contributed by atoms with E-state index in [1.807, 2.05) is 6.92 Å². The predicted molar refractivity (Wildman–Crippen MR) is 115 cm³/mol. The number of halogens is 1. The van der Waals surface area contributed by atoms with E-state index in [0.717, 1.165) is 11.0 Å². The van der Waals surface area contributed by atoms with Crippen molar-refractivity contribution in [3.63, 3.8) is 0 Å². The number of carbonyl (C=O) groups is 1. The van der Waals surface area contributed by atoms with Crippen LogP contribution in [0.5, 0.6) is 5.75 Å². The molecule has 0 fully saturated rings. The first-order chi connectivity index (χ1) is 14.3. The fraction of sp³-hybridized carbons (Fsp3) is 0.400. The van der Waals surface area contributed by atoms with E-state index in [2.05, 4.69) is 10.3 Å². The van der Waals surface area contributed by atoms with Crippen LogP contribution in [0.3, 0.4) is 0 Å². The summed E-state index contributed by atoms with van der Waals surface area (Å²) >= 11 is 6.04. The lowest BCUT2D eigenvalue weighted by Crippen LogP contribution is -2.37. The van der Waals surface area contributed by atoms with E-state index in [0.29, 0.717) is 47.2 Å². The number of benzene rings is 1. The molecule has 1 aromatic carbocycles. The zero-order valence-electron chi connectivity index (χ0n) is 17.1. The minimum absolute atomic E-state index is 0.191. The van der Waals surface area contributed by atoms with Crippen molar-refractivity contribution in [2.75, 3.05) is 11.9 Å². The van der Waals surface area contributed by atoms with Gasteiger partial charge < -0.3 is 14.6 Å². The lowest BCUT2D eigenvalue weighted by atomic mass is 10.2. The Kier molecular flexibility index (Phi) is 6.61. The van der Waals surface area contributed by atoms with Gasteiger partial charge >= 0.3 is 5.69 Å². The highest BCUT2D eigenvalue weighted by molar-refractivity contribution is 6.31. The highest BCUT2D eigenvalue weighted by Gasteiger charge is 2.15. The number of aryl methyl sites for hydroxylation is 2. The van der Waals surface area contributed by atoms with E-state index in [-0.39, 0.29) is 12.3 Å². The molecule has 0 bridgehead atoms. The van der Waals surface area contributed by atoms with Crippen molar-refractivity contribution in [1.29, 1.82) is 0 Å².